The van der Waals surface area contributed by atoms with Crippen LogP contribution in [-0.2, 0) is 0 Å². The van der Waals surface area contributed by atoms with E-state index in [1.165, 1.54) is 17.4 Å². The van der Waals surface area contributed by atoms with Gasteiger partial charge in [0.05, 0.1) is 6.04 Å². The Balaban J connectivity index is 2.15. The molecule has 6 nitrogen and oxygen atoms in total. The molecule has 0 radical (unpaired) electrons. The van der Waals surface area contributed by atoms with Crippen LogP contribution in [0.3, 0.4) is 0 Å². The molecule has 0 saturated carbocycles. The maximum absolute atomic E-state index is 13.7. The van der Waals surface area contributed by atoms with Crippen LogP contribution < -0.4 is 10.6 Å². The van der Waals surface area contributed by atoms with Crippen LogP contribution in [-0.4, -0.2) is 33.9 Å². The van der Waals surface area contributed by atoms with E-state index in [1.807, 2.05) is 0 Å². The molecule has 0 spiro atoms. The topological polar surface area (TPSA) is 98.7 Å². The molecule has 0 unspecified atom stereocenters. The predicted molar refractivity (Wildman–Crippen MR) is 87.7 cm³/mol. The number of amides is 2. The molecule has 2 aromatic rings. The van der Waals surface area contributed by atoms with Crippen LogP contribution in [0.2, 0.25) is 0 Å². The quantitative estimate of drug-likeness (QED) is 0.472. The van der Waals surface area contributed by atoms with Crippen molar-refractivity contribution in [2.24, 2.45) is 5.92 Å². The van der Waals surface area contributed by atoms with Gasteiger partial charge in [0, 0.05) is 5.56 Å². The molecule has 3 atom stereocenters. The van der Waals surface area contributed by atoms with Crippen LogP contribution in [0.5, 0.6) is 5.75 Å². The molecule has 1 heterocycles. The third-order valence-electron chi connectivity index (χ3n) is 4.47. The van der Waals surface area contributed by atoms with E-state index in [9.17, 15) is 37.4 Å². The highest BCUT2D eigenvalue weighted by molar-refractivity contribution is 6.00. The number of nitrogens with one attached hydrogen (secondary N) is 2. The van der Waals surface area contributed by atoms with E-state index in [0.717, 1.165) is 36.4 Å². The van der Waals surface area contributed by atoms with Crippen LogP contribution in [0.15, 0.2) is 48.5 Å². The Labute approximate surface area is 155 Å². The number of carbonyl (C=O) groups is 2. The largest absolute Gasteiger partial charge is 0.508 e. The minimum Gasteiger partial charge on any atom is -0.508 e. The zero-order valence-corrected chi connectivity index (χ0v) is 14.0. The van der Waals surface area contributed by atoms with E-state index >= 15 is 0 Å². The lowest BCUT2D eigenvalue weighted by Gasteiger charge is -2.45. The molecule has 1 aliphatic rings. The van der Waals surface area contributed by atoms with Crippen LogP contribution in [0.25, 0.3) is 0 Å². The van der Waals surface area contributed by atoms with Crippen LogP contribution in [0.1, 0.15) is 22.0 Å². The van der Waals surface area contributed by atoms with E-state index < -0.39 is 41.5 Å². The van der Waals surface area contributed by atoms with Gasteiger partial charge in [0.1, 0.15) is 17.5 Å². The average Bonchev–Trinajstić information content (AvgIpc) is 2.61. The molecule has 0 aromatic heterocycles. The fraction of sp³-hybridized carbons (Fsp3) is 0.222. The number of carbonyl (C=O) groups excluding carboxylic acids is 2. The summed E-state index contributed by atoms with van der Waals surface area (Å²) in [6.45, 7) is 0. The number of phenolic OH excluding ortho intramolecular Hbond substituents is 1. The number of ketones is 1. The van der Waals surface area contributed by atoms with E-state index in [1.54, 1.807) is 0 Å². The molecular weight excluding hydrogens is 384 g/mol. The Morgan fingerprint density at radius 1 is 1.04 bits per heavy atom. The van der Waals surface area contributed by atoms with Crippen molar-refractivity contribution in [3.63, 3.8) is 0 Å². The smallest absolute Gasteiger partial charge is 0.437 e. The molecule has 1 aliphatic heterocycles. The van der Waals surface area contributed by atoms with Gasteiger partial charge in [-0.3, -0.25) is 4.79 Å². The SMILES string of the molecule is O=C1N[C@@H](c2ccc(O)cc2)[C@@H](C(=O)c2ccc(F)cc2)[C@@](O)(C(F)(F)F)N1. The molecule has 2 amide bonds. The lowest BCUT2D eigenvalue weighted by molar-refractivity contribution is -0.287. The fourth-order valence-electron chi connectivity index (χ4n) is 3.09. The Morgan fingerprint density at radius 3 is 2.14 bits per heavy atom. The molecule has 0 aliphatic carbocycles. The number of hydrogen-bond donors (Lipinski definition) is 4. The molecule has 148 valence electrons. The van der Waals surface area contributed by atoms with Gasteiger partial charge in [0.25, 0.3) is 0 Å². The minimum atomic E-state index is -5.39. The summed E-state index contributed by atoms with van der Waals surface area (Å²) in [5, 5.41) is 23.4. The maximum Gasteiger partial charge on any atom is 0.437 e. The molecule has 28 heavy (non-hydrogen) atoms. The third kappa shape index (κ3) is 3.38. The number of alkyl halides is 3. The number of urea groups is 1. The zero-order chi connectivity index (χ0) is 20.7. The highest BCUT2D eigenvalue weighted by Gasteiger charge is 2.66. The van der Waals surface area contributed by atoms with Crippen molar-refractivity contribution in [3.05, 3.63) is 65.5 Å². The molecule has 4 N–H and O–H groups in total. The van der Waals surface area contributed by atoms with Crippen molar-refractivity contribution in [1.82, 2.24) is 10.6 Å². The van der Waals surface area contributed by atoms with E-state index in [0.29, 0.717) is 0 Å². The van der Waals surface area contributed by atoms with Gasteiger partial charge in [0.2, 0.25) is 5.72 Å². The molecule has 0 bridgehead atoms. The van der Waals surface area contributed by atoms with Gasteiger partial charge in [-0.1, -0.05) is 12.1 Å². The van der Waals surface area contributed by atoms with Crippen LogP contribution in [0.4, 0.5) is 22.4 Å². The van der Waals surface area contributed by atoms with Gasteiger partial charge in [-0.05, 0) is 42.0 Å². The predicted octanol–water partition coefficient (Wildman–Crippen LogP) is 2.64. The van der Waals surface area contributed by atoms with Crippen LogP contribution >= 0.6 is 0 Å². The molecule has 3 rings (SSSR count). The van der Waals surface area contributed by atoms with Crippen molar-refractivity contribution in [3.8, 4) is 5.75 Å². The van der Waals surface area contributed by atoms with Gasteiger partial charge in [-0.15, -0.1) is 0 Å². The normalized spacial score (nSPS) is 25.0. The maximum atomic E-state index is 13.7. The summed E-state index contributed by atoms with van der Waals surface area (Å²) in [5.74, 6) is -4.27. The van der Waals surface area contributed by atoms with E-state index in [-0.39, 0.29) is 16.9 Å². The van der Waals surface area contributed by atoms with Crippen molar-refractivity contribution in [2.45, 2.75) is 17.9 Å². The fourth-order valence-corrected chi connectivity index (χ4v) is 3.09. The molecular formula is C18H14F4N2O4. The van der Waals surface area contributed by atoms with Crippen LogP contribution in [0, 0.1) is 11.7 Å². The van der Waals surface area contributed by atoms with Gasteiger partial charge >= 0.3 is 12.2 Å². The lowest BCUT2D eigenvalue weighted by atomic mass is 9.77. The summed E-state index contributed by atoms with van der Waals surface area (Å²) in [6.07, 6.45) is -5.39. The average molecular weight is 398 g/mol. The van der Waals surface area contributed by atoms with Crippen molar-refractivity contribution in [2.75, 3.05) is 0 Å². The first kappa shape index (κ1) is 19.6. The second-order valence-electron chi connectivity index (χ2n) is 6.28. The number of hydrogen-bond acceptors (Lipinski definition) is 4. The molecule has 1 saturated heterocycles. The zero-order valence-electron chi connectivity index (χ0n) is 14.0. The van der Waals surface area contributed by atoms with Crippen molar-refractivity contribution in [1.29, 1.82) is 0 Å². The Morgan fingerprint density at radius 2 is 1.61 bits per heavy atom. The number of benzene rings is 2. The number of aliphatic hydroxyl groups is 1. The van der Waals surface area contributed by atoms with Gasteiger partial charge < -0.3 is 20.8 Å². The Bertz CT molecular complexity index is 899. The monoisotopic (exact) mass is 398 g/mol. The second kappa shape index (κ2) is 6.79. The summed E-state index contributed by atoms with van der Waals surface area (Å²) >= 11 is 0. The first-order valence-electron chi connectivity index (χ1n) is 7.99. The minimum absolute atomic E-state index is 0.0517. The van der Waals surface area contributed by atoms with Gasteiger partial charge in [0.15, 0.2) is 5.78 Å². The molecule has 1 fully saturated rings. The first-order valence-corrected chi connectivity index (χ1v) is 7.99. The third-order valence-corrected chi connectivity index (χ3v) is 4.47. The Hall–Kier alpha value is -3.14. The highest BCUT2D eigenvalue weighted by atomic mass is 19.4. The van der Waals surface area contributed by atoms with Gasteiger partial charge in [-0.25, -0.2) is 9.18 Å². The lowest BCUT2D eigenvalue weighted by Crippen LogP contribution is -2.72. The van der Waals surface area contributed by atoms with Gasteiger partial charge in [-0.2, -0.15) is 13.2 Å². The first-order chi connectivity index (χ1) is 13.0. The number of rotatable bonds is 3. The summed E-state index contributed by atoms with van der Waals surface area (Å²) in [4.78, 5) is 24.7. The van der Waals surface area contributed by atoms with Crippen molar-refractivity contribution >= 4 is 11.8 Å². The number of aromatic hydroxyl groups is 1. The number of phenols is 1. The summed E-state index contributed by atoms with van der Waals surface area (Å²) < 4.78 is 54.2. The highest BCUT2D eigenvalue weighted by Crippen LogP contribution is 2.44. The van der Waals surface area contributed by atoms with E-state index in [4.69, 9.17) is 0 Å². The number of halogens is 4. The summed E-state index contributed by atoms with van der Waals surface area (Å²) in [7, 11) is 0. The molecule has 10 heteroatoms. The summed E-state index contributed by atoms with van der Waals surface area (Å²) in [5.41, 5.74) is -4.10. The molecule has 2 aromatic carbocycles. The Kier molecular flexibility index (Phi) is 4.76. The number of Topliss-reactive ketones (excluding diaryl/α,β-unsaturated/α-hetero) is 1. The second-order valence-corrected chi connectivity index (χ2v) is 6.28. The van der Waals surface area contributed by atoms with E-state index in [2.05, 4.69) is 5.32 Å². The van der Waals surface area contributed by atoms with Crippen molar-refractivity contribution < 1.29 is 37.4 Å². The standard InChI is InChI=1S/C18H14F4N2O4/c19-11-5-1-10(2-6-11)15(26)13-14(9-3-7-12(25)8-4-9)23-16(27)24-17(13,28)18(20,21)22/h1-8,13-14,25,28H,(H2,23,24,27)/t13-,14-,17+/m0/s1. The summed E-state index contributed by atoms with van der Waals surface area (Å²) in [6, 6.07) is 5.61.